The number of rotatable bonds is 4. The van der Waals surface area contributed by atoms with Gasteiger partial charge >= 0.3 is 0 Å². The normalized spacial score (nSPS) is 18.3. The number of hydrogen-bond acceptors (Lipinski definition) is 6. The Morgan fingerprint density at radius 1 is 1.33 bits per heavy atom. The SMILES string of the molecule is COc1cc(N2CCCC(Oc3cccnc3)C2)ncn1. The molecule has 0 spiro atoms. The average Bonchev–Trinajstić information content (AvgIpc) is 2.56. The number of methoxy groups -OCH3 is 1. The summed E-state index contributed by atoms with van der Waals surface area (Å²) in [5.74, 6) is 2.27. The number of ether oxygens (including phenoxy) is 2. The minimum absolute atomic E-state index is 0.143. The van der Waals surface area contributed by atoms with Crippen LogP contribution in [0.2, 0.25) is 0 Å². The lowest BCUT2D eigenvalue weighted by atomic mass is 10.1. The first-order chi connectivity index (χ1) is 10.3. The minimum atomic E-state index is 0.143. The van der Waals surface area contributed by atoms with Crippen molar-refractivity contribution in [1.82, 2.24) is 15.0 Å². The van der Waals surface area contributed by atoms with Gasteiger partial charge < -0.3 is 14.4 Å². The molecule has 21 heavy (non-hydrogen) atoms. The number of nitrogens with zero attached hydrogens (tertiary/aromatic N) is 4. The summed E-state index contributed by atoms with van der Waals surface area (Å²) in [4.78, 5) is 14.6. The maximum atomic E-state index is 5.98. The molecule has 0 aliphatic carbocycles. The largest absolute Gasteiger partial charge is 0.487 e. The zero-order chi connectivity index (χ0) is 14.5. The first kappa shape index (κ1) is 13.6. The van der Waals surface area contributed by atoms with Crippen LogP contribution in [-0.2, 0) is 0 Å². The van der Waals surface area contributed by atoms with Crippen LogP contribution in [0.5, 0.6) is 11.6 Å². The topological polar surface area (TPSA) is 60.4 Å². The Kier molecular flexibility index (Phi) is 4.14. The zero-order valence-electron chi connectivity index (χ0n) is 12.0. The van der Waals surface area contributed by atoms with Gasteiger partial charge in [0.15, 0.2) is 0 Å². The lowest BCUT2D eigenvalue weighted by molar-refractivity contribution is 0.178. The van der Waals surface area contributed by atoms with Gasteiger partial charge in [-0.1, -0.05) is 0 Å². The second-order valence-electron chi connectivity index (χ2n) is 4.94. The Labute approximate surface area is 123 Å². The van der Waals surface area contributed by atoms with Crippen molar-refractivity contribution in [3.05, 3.63) is 36.9 Å². The Morgan fingerprint density at radius 2 is 2.29 bits per heavy atom. The van der Waals surface area contributed by atoms with Gasteiger partial charge in [-0.05, 0) is 25.0 Å². The summed E-state index contributed by atoms with van der Waals surface area (Å²) in [6.45, 7) is 1.77. The van der Waals surface area contributed by atoms with E-state index in [4.69, 9.17) is 9.47 Å². The molecule has 1 aliphatic rings. The van der Waals surface area contributed by atoms with Crippen LogP contribution in [0.1, 0.15) is 12.8 Å². The molecule has 0 radical (unpaired) electrons. The van der Waals surface area contributed by atoms with Gasteiger partial charge in [-0.15, -0.1) is 0 Å². The van der Waals surface area contributed by atoms with E-state index in [9.17, 15) is 0 Å². The minimum Gasteiger partial charge on any atom is -0.487 e. The van der Waals surface area contributed by atoms with Crippen LogP contribution in [0, 0.1) is 0 Å². The van der Waals surface area contributed by atoms with Crippen molar-refractivity contribution in [3.63, 3.8) is 0 Å². The molecule has 3 rings (SSSR count). The molecule has 6 nitrogen and oxygen atoms in total. The molecule has 6 heteroatoms. The fourth-order valence-corrected chi connectivity index (χ4v) is 2.47. The molecule has 1 aliphatic heterocycles. The van der Waals surface area contributed by atoms with E-state index in [2.05, 4.69) is 19.9 Å². The van der Waals surface area contributed by atoms with Crippen molar-refractivity contribution < 1.29 is 9.47 Å². The van der Waals surface area contributed by atoms with Gasteiger partial charge in [0.25, 0.3) is 0 Å². The fraction of sp³-hybridized carbons (Fsp3) is 0.400. The van der Waals surface area contributed by atoms with Gasteiger partial charge in [0.1, 0.15) is 24.0 Å². The predicted octanol–water partition coefficient (Wildman–Crippen LogP) is 1.93. The highest BCUT2D eigenvalue weighted by Crippen LogP contribution is 2.22. The monoisotopic (exact) mass is 286 g/mol. The molecule has 0 bridgehead atoms. The average molecular weight is 286 g/mol. The maximum Gasteiger partial charge on any atom is 0.218 e. The molecule has 1 fully saturated rings. The van der Waals surface area contributed by atoms with Crippen LogP contribution in [0.25, 0.3) is 0 Å². The predicted molar refractivity (Wildman–Crippen MR) is 78.7 cm³/mol. The van der Waals surface area contributed by atoms with E-state index in [0.29, 0.717) is 5.88 Å². The lowest BCUT2D eigenvalue weighted by Gasteiger charge is -2.33. The molecule has 1 saturated heterocycles. The molecule has 2 aromatic rings. The highest BCUT2D eigenvalue weighted by Gasteiger charge is 2.22. The van der Waals surface area contributed by atoms with Crippen LogP contribution in [0.4, 0.5) is 5.82 Å². The third-order valence-corrected chi connectivity index (χ3v) is 3.48. The van der Waals surface area contributed by atoms with Crippen molar-refractivity contribution in [2.75, 3.05) is 25.1 Å². The summed E-state index contributed by atoms with van der Waals surface area (Å²) in [6.07, 6.45) is 7.26. The van der Waals surface area contributed by atoms with E-state index in [1.165, 1.54) is 6.33 Å². The smallest absolute Gasteiger partial charge is 0.218 e. The Bertz CT molecular complexity index is 579. The highest BCUT2D eigenvalue weighted by atomic mass is 16.5. The molecule has 2 aromatic heterocycles. The second kappa shape index (κ2) is 6.39. The van der Waals surface area contributed by atoms with Crippen molar-refractivity contribution >= 4 is 5.82 Å². The van der Waals surface area contributed by atoms with E-state index < -0.39 is 0 Å². The summed E-state index contributed by atoms with van der Waals surface area (Å²) >= 11 is 0. The van der Waals surface area contributed by atoms with Crippen molar-refractivity contribution in [2.45, 2.75) is 18.9 Å². The quantitative estimate of drug-likeness (QED) is 0.856. The van der Waals surface area contributed by atoms with Gasteiger partial charge in [-0.25, -0.2) is 9.97 Å². The Balaban J connectivity index is 1.67. The van der Waals surface area contributed by atoms with Crippen molar-refractivity contribution in [3.8, 4) is 11.6 Å². The summed E-state index contributed by atoms with van der Waals surface area (Å²) in [6, 6.07) is 5.66. The molecular formula is C15H18N4O2. The Morgan fingerprint density at radius 3 is 3.10 bits per heavy atom. The molecule has 1 unspecified atom stereocenters. The first-order valence-electron chi connectivity index (χ1n) is 7.03. The fourth-order valence-electron chi connectivity index (χ4n) is 2.47. The third-order valence-electron chi connectivity index (χ3n) is 3.48. The number of pyridine rings is 1. The van der Waals surface area contributed by atoms with Crippen molar-refractivity contribution in [2.24, 2.45) is 0 Å². The first-order valence-corrected chi connectivity index (χ1v) is 7.03. The zero-order valence-corrected chi connectivity index (χ0v) is 12.0. The standard InChI is InChI=1S/C15H18N4O2/c1-20-15-8-14(17-11-18-15)19-7-3-5-13(10-19)21-12-4-2-6-16-9-12/h2,4,6,8-9,11,13H,3,5,7,10H2,1H3. The van der Waals surface area contributed by atoms with E-state index in [1.54, 1.807) is 19.5 Å². The summed E-state index contributed by atoms with van der Waals surface area (Å²) in [7, 11) is 1.61. The van der Waals surface area contributed by atoms with Gasteiger partial charge in [0.05, 0.1) is 19.9 Å². The van der Waals surface area contributed by atoms with Gasteiger partial charge in [-0.2, -0.15) is 0 Å². The summed E-state index contributed by atoms with van der Waals surface area (Å²) in [5.41, 5.74) is 0. The van der Waals surface area contributed by atoms with E-state index >= 15 is 0 Å². The molecular weight excluding hydrogens is 268 g/mol. The van der Waals surface area contributed by atoms with Crippen molar-refractivity contribution in [1.29, 1.82) is 0 Å². The summed E-state index contributed by atoms with van der Waals surface area (Å²) < 4.78 is 11.1. The van der Waals surface area contributed by atoms with Crippen LogP contribution in [0.3, 0.4) is 0 Å². The van der Waals surface area contributed by atoms with E-state index in [0.717, 1.165) is 37.5 Å². The molecule has 0 amide bonds. The second-order valence-corrected chi connectivity index (χ2v) is 4.94. The molecule has 0 saturated carbocycles. The number of aromatic nitrogens is 3. The maximum absolute atomic E-state index is 5.98. The van der Waals surface area contributed by atoms with Gasteiger partial charge in [-0.3, -0.25) is 4.98 Å². The highest BCUT2D eigenvalue weighted by molar-refractivity contribution is 5.41. The molecule has 0 aromatic carbocycles. The van der Waals surface area contributed by atoms with Gasteiger partial charge in [0, 0.05) is 18.8 Å². The van der Waals surface area contributed by atoms with Crippen LogP contribution in [-0.4, -0.2) is 41.3 Å². The Hall–Kier alpha value is -2.37. The van der Waals surface area contributed by atoms with Crippen LogP contribution >= 0.6 is 0 Å². The molecule has 1 atom stereocenters. The molecule has 3 heterocycles. The summed E-state index contributed by atoms with van der Waals surface area (Å²) in [5, 5.41) is 0. The number of hydrogen-bond donors (Lipinski definition) is 0. The van der Waals surface area contributed by atoms with E-state index in [1.807, 2.05) is 18.2 Å². The van der Waals surface area contributed by atoms with Crippen LogP contribution in [0.15, 0.2) is 36.9 Å². The molecule has 110 valence electrons. The van der Waals surface area contributed by atoms with E-state index in [-0.39, 0.29) is 6.10 Å². The van der Waals surface area contributed by atoms with Crippen LogP contribution < -0.4 is 14.4 Å². The van der Waals surface area contributed by atoms with Gasteiger partial charge in [0.2, 0.25) is 5.88 Å². The molecule has 0 N–H and O–H groups in total. The number of anilines is 1. The number of piperidine rings is 1. The lowest BCUT2D eigenvalue weighted by Crippen LogP contribution is -2.41. The third kappa shape index (κ3) is 3.39.